The summed E-state index contributed by atoms with van der Waals surface area (Å²) in [5, 5.41) is 0. The Morgan fingerprint density at radius 1 is 1.80 bits per heavy atom. The second kappa shape index (κ2) is 2.25. The lowest BCUT2D eigenvalue weighted by atomic mass is 10.2. The Labute approximate surface area is 46.5 Å². The Kier molecular flexibility index (Phi) is 0.562. The van der Waals surface area contributed by atoms with Crippen molar-refractivity contribution < 1.29 is 11.9 Å². The molecule has 40 valence electrons. The Morgan fingerprint density at radius 2 is 2.00 bits per heavy atom. The van der Waals surface area contributed by atoms with Gasteiger partial charge in [-0.15, -0.1) is 0 Å². The van der Waals surface area contributed by atoms with Crippen molar-refractivity contribution in [3.05, 3.63) is 0 Å². The molecule has 0 saturated heterocycles. The van der Waals surface area contributed by atoms with Gasteiger partial charge in [0.15, 0.2) is 0 Å². The molecule has 0 aliphatic carbocycles. The standard InChI is InChI=1S/C5H12.4H2/c1-4-5(2)3;;;;/h5H,4H2,1-3H3;4*1H/i;4*1+1D. The van der Waals surface area contributed by atoms with Gasteiger partial charge in [-0.05, 0) is 5.92 Å². The van der Waals surface area contributed by atoms with Gasteiger partial charge in [0.05, 0.1) is 0 Å². The molecular weight excluding hydrogens is 60.1 g/mol. The molecule has 0 heteroatoms. The lowest BCUT2D eigenvalue weighted by molar-refractivity contribution is 0.626. The zero-order valence-electron chi connectivity index (χ0n) is 12.3. The first kappa shape index (κ1) is 1.25. The van der Waals surface area contributed by atoms with E-state index in [0.29, 0.717) is 0 Å². The minimum Gasteiger partial charge on any atom is -0.0651 e. The summed E-state index contributed by atoms with van der Waals surface area (Å²) >= 11 is 0. The van der Waals surface area contributed by atoms with E-state index < -0.39 is 0 Å². The number of rotatable bonds is 1. The minimum atomic E-state index is 0.884. The van der Waals surface area contributed by atoms with Crippen molar-refractivity contribution in [3.63, 3.8) is 0 Å². The molecule has 0 atom stereocenters. The fraction of sp³-hybridized carbons (Fsp3) is 1.00. The van der Waals surface area contributed by atoms with Crippen LogP contribution >= 0.6 is 0 Å². The van der Waals surface area contributed by atoms with E-state index in [0.717, 1.165) is 5.92 Å². The summed E-state index contributed by atoms with van der Waals surface area (Å²) in [6, 6.07) is 0. The van der Waals surface area contributed by atoms with Gasteiger partial charge < -0.3 is 0 Å². The third-order valence-electron chi connectivity index (χ3n) is 0.816. The maximum absolute atomic E-state index is 5.00. The lowest BCUT2D eigenvalue weighted by Crippen LogP contribution is -1.77. The molecule has 0 aromatic heterocycles. The molecule has 0 fully saturated rings. The minimum absolute atomic E-state index is 0.884. The van der Waals surface area contributed by atoms with E-state index >= 15 is 0 Å². The van der Waals surface area contributed by atoms with Crippen LogP contribution in [0.3, 0.4) is 0 Å². The summed E-state index contributed by atoms with van der Waals surface area (Å²) in [4.78, 5) is 0. The highest BCUT2D eigenvalue weighted by Crippen LogP contribution is 1.93. The van der Waals surface area contributed by atoms with Gasteiger partial charge in [-0.3, -0.25) is 0 Å². The van der Waals surface area contributed by atoms with Crippen LogP contribution in [-0.2, 0) is 0 Å². The van der Waals surface area contributed by atoms with Gasteiger partial charge in [0.25, 0.3) is 0 Å². The SMILES string of the molecule is CCC(C)C.[2H][2H].[2H][2H].[2H][2H].[2H][2H]. The summed E-state index contributed by atoms with van der Waals surface area (Å²) in [6.45, 7) is 6.64. The lowest BCUT2D eigenvalue weighted by Gasteiger charge is -1.90. The Bertz CT molecular complexity index is 26.5. The molecule has 0 spiro atoms. The third kappa shape index (κ3) is 4.00. The maximum atomic E-state index is 5.00. The second-order valence-corrected chi connectivity index (χ2v) is 1.80. The molecule has 0 rings (SSSR count). The average molecular weight is 88.3 g/mol. The first-order valence-electron chi connectivity index (χ1n) is 6.27. The molecule has 0 aromatic rings. The van der Waals surface area contributed by atoms with Gasteiger partial charge in [-0.2, -0.15) is 0 Å². The summed E-state index contributed by atoms with van der Waals surface area (Å²) in [5.41, 5.74) is 0. The Balaban J connectivity index is -0.0000000230. The van der Waals surface area contributed by atoms with Crippen molar-refractivity contribution in [1.29, 1.82) is 0 Å². The molecule has 0 unspecified atom stereocenters. The highest BCUT2D eigenvalue weighted by molar-refractivity contribution is 4.32. The third-order valence-corrected chi connectivity index (χ3v) is 0.816. The van der Waals surface area contributed by atoms with Gasteiger partial charge >= 0.3 is 0 Å². The molecule has 0 heterocycles. The highest BCUT2D eigenvalue weighted by Gasteiger charge is 1.80. The average Bonchev–Trinajstić information content (AvgIpc) is 2.29. The van der Waals surface area contributed by atoms with Crippen LogP contribution in [0, 0.1) is 5.92 Å². The van der Waals surface area contributed by atoms with Gasteiger partial charge in [0.2, 0.25) is 0 Å². The fourth-order valence-electron chi connectivity index (χ4n) is 0. The van der Waals surface area contributed by atoms with Crippen molar-refractivity contribution in [2.45, 2.75) is 27.2 Å². The van der Waals surface area contributed by atoms with E-state index in [4.69, 9.17) is 11.9 Å². The summed E-state index contributed by atoms with van der Waals surface area (Å²) < 4.78 is 40.0. The van der Waals surface area contributed by atoms with Crippen LogP contribution < -0.4 is 0 Å². The first-order valence-corrected chi connectivity index (χ1v) is 2.27. The molecule has 0 aliphatic heterocycles. The molecule has 0 saturated carbocycles. The van der Waals surface area contributed by atoms with Crippen LogP contribution in [0.5, 0.6) is 0 Å². The molecule has 0 aliphatic rings. The van der Waals surface area contributed by atoms with Crippen LogP contribution in [0.1, 0.15) is 39.1 Å². The van der Waals surface area contributed by atoms with Crippen molar-refractivity contribution in [2.24, 2.45) is 5.92 Å². The molecular formula is C5H20. The molecule has 5 heavy (non-hydrogen) atoms. The van der Waals surface area contributed by atoms with Gasteiger partial charge in [0.1, 0.15) is 0 Å². The fourth-order valence-corrected chi connectivity index (χ4v) is 0. The van der Waals surface area contributed by atoms with E-state index in [-0.39, 0.29) is 0 Å². The van der Waals surface area contributed by atoms with Crippen molar-refractivity contribution in [3.8, 4) is 0 Å². The van der Waals surface area contributed by atoms with E-state index in [1.165, 1.54) is 6.42 Å². The molecule has 0 amide bonds. The number of hydrogen-bond acceptors (Lipinski definition) is 0. The van der Waals surface area contributed by atoms with Crippen LogP contribution in [0.15, 0.2) is 0 Å². The van der Waals surface area contributed by atoms with Gasteiger partial charge in [-0.25, -0.2) is 0 Å². The van der Waals surface area contributed by atoms with Gasteiger partial charge in [0, 0.05) is 11.9 Å². The van der Waals surface area contributed by atoms with Crippen molar-refractivity contribution in [2.75, 3.05) is 0 Å². The summed E-state index contributed by atoms with van der Waals surface area (Å²) in [6.07, 6.45) is 1.31. The molecule has 0 nitrogen and oxygen atoms in total. The van der Waals surface area contributed by atoms with E-state index in [9.17, 15) is 0 Å². The Hall–Kier alpha value is 0. The highest BCUT2D eigenvalue weighted by atomic mass is 13.9. The van der Waals surface area contributed by atoms with Crippen LogP contribution in [0.2, 0.25) is 0 Å². The summed E-state index contributed by atoms with van der Waals surface area (Å²) in [7, 11) is 0. The Morgan fingerprint density at radius 3 is 2.00 bits per heavy atom. The topological polar surface area (TPSA) is 0 Å². The zero-order valence-corrected chi connectivity index (χ0v) is 4.28. The van der Waals surface area contributed by atoms with E-state index in [2.05, 4.69) is 20.8 Å². The van der Waals surface area contributed by atoms with Crippen LogP contribution in [-0.4, -0.2) is 0 Å². The first-order chi connectivity index (χ1) is 6.27. The predicted molar refractivity (Wildman–Crippen MR) is 33.6 cm³/mol. The summed E-state index contributed by atoms with van der Waals surface area (Å²) in [5.74, 6) is 0.884. The monoisotopic (exact) mass is 88.2 g/mol. The normalized spacial score (nSPS) is 16.0. The van der Waals surface area contributed by atoms with Crippen molar-refractivity contribution >= 4 is 0 Å². The quantitative estimate of drug-likeness (QED) is 0.462. The molecule has 0 radical (unpaired) electrons. The largest absolute Gasteiger partial charge is 0.0651 e. The second-order valence-electron chi connectivity index (χ2n) is 1.80. The van der Waals surface area contributed by atoms with E-state index in [1.54, 1.807) is 0 Å². The molecule has 0 bridgehead atoms. The van der Waals surface area contributed by atoms with Crippen molar-refractivity contribution in [1.82, 2.24) is 0 Å². The maximum Gasteiger partial charge on any atom is 0 e. The molecule has 0 aromatic carbocycles. The van der Waals surface area contributed by atoms with Crippen LogP contribution in [0.4, 0.5) is 0 Å². The molecule has 0 N–H and O–H groups in total. The predicted octanol–water partition coefficient (Wildman–Crippen LogP) is 3.04. The van der Waals surface area contributed by atoms with E-state index in [1.807, 2.05) is 0 Å². The van der Waals surface area contributed by atoms with Gasteiger partial charge in [-0.1, -0.05) is 27.2 Å². The number of hydrogen-bond donors (Lipinski definition) is 0. The zero-order chi connectivity index (χ0) is 12.3. The smallest absolute Gasteiger partial charge is 0 e. The van der Waals surface area contributed by atoms with Crippen LogP contribution in [0.25, 0.3) is 0 Å².